The minimum absolute atomic E-state index is 0.663. The molecule has 0 aliphatic carbocycles. The number of aliphatic hydroxyl groups is 1. The highest BCUT2D eigenvalue weighted by Gasteiger charge is 2.12. The van der Waals surface area contributed by atoms with Crippen molar-refractivity contribution in [2.24, 2.45) is 5.92 Å². The Kier molecular flexibility index (Phi) is 24.6. The highest BCUT2D eigenvalue weighted by Crippen LogP contribution is 2.13. The Morgan fingerprint density at radius 2 is 1.56 bits per heavy atom. The summed E-state index contributed by atoms with van der Waals surface area (Å²) in [6.07, 6.45) is 15.8. The molecule has 1 N–H and O–H groups in total. The second-order valence-electron chi connectivity index (χ2n) is 7.85. The number of unbranched alkanes of at least 4 members (excludes halogenated alkanes) is 2. The van der Waals surface area contributed by atoms with Crippen molar-refractivity contribution >= 4 is 11.6 Å². The number of hydrogen-bond acceptors (Lipinski definition) is 1. The summed E-state index contributed by atoms with van der Waals surface area (Å²) in [4.78, 5) is 0. The largest absolute Gasteiger partial charge is 0.386 e. The van der Waals surface area contributed by atoms with Crippen LogP contribution in [0.5, 0.6) is 0 Å². The third-order valence-corrected chi connectivity index (χ3v) is 4.22. The maximum Gasteiger partial charge on any atom is 0.0800 e. The highest BCUT2D eigenvalue weighted by molar-refractivity contribution is 6.17. The smallest absolute Gasteiger partial charge is 0.0800 e. The summed E-state index contributed by atoms with van der Waals surface area (Å²) in [5, 5.41) is 9.49. The van der Waals surface area contributed by atoms with Gasteiger partial charge in [0.1, 0.15) is 0 Å². The standard InChI is InChI=1S/C10H18O.C10H18.C5H11Cl/c1-5-10(4,11)8-6-7-9(2)3;1-5-10(4)8-6-7-9(2)3;1-2-3-4-5-6/h5,7,11H,1,6,8H2,2-4H3;5,7,10H,1,6,8H2,2-4H3;2-5H2,1H3. The van der Waals surface area contributed by atoms with Crippen molar-refractivity contribution in [1.29, 1.82) is 0 Å². The van der Waals surface area contributed by atoms with E-state index < -0.39 is 5.60 Å². The van der Waals surface area contributed by atoms with E-state index in [1.54, 1.807) is 13.0 Å². The van der Waals surface area contributed by atoms with Gasteiger partial charge < -0.3 is 5.11 Å². The Bertz CT molecular complexity index is 393. The summed E-state index contributed by atoms with van der Waals surface area (Å²) in [6.45, 7) is 21.8. The average Bonchev–Trinajstić information content (AvgIpc) is 2.60. The summed E-state index contributed by atoms with van der Waals surface area (Å²) in [5.74, 6) is 1.49. The van der Waals surface area contributed by atoms with Crippen LogP contribution in [0.3, 0.4) is 0 Å². The molecule has 0 aromatic heterocycles. The zero-order chi connectivity index (χ0) is 21.7. The first-order chi connectivity index (χ1) is 12.6. The molecule has 0 heterocycles. The summed E-state index contributed by atoms with van der Waals surface area (Å²) in [5.41, 5.74) is 2.01. The Balaban J connectivity index is -0.000000334. The van der Waals surface area contributed by atoms with E-state index in [2.05, 4.69) is 66.9 Å². The quantitative estimate of drug-likeness (QED) is 0.209. The van der Waals surface area contributed by atoms with Gasteiger partial charge in [0, 0.05) is 5.88 Å². The van der Waals surface area contributed by atoms with E-state index in [9.17, 15) is 5.11 Å². The van der Waals surface area contributed by atoms with Crippen molar-refractivity contribution in [3.05, 3.63) is 48.6 Å². The Labute approximate surface area is 176 Å². The van der Waals surface area contributed by atoms with Crippen LogP contribution >= 0.6 is 11.6 Å². The predicted octanol–water partition coefficient (Wildman–Crippen LogP) is 8.64. The molecule has 2 atom stereocenters. The van der Waals surface area contributed by atoms with Crippen LogP contribution in [0.15, 0.2) is 48.6 Å². The third-order valence-electron chi connectivity index (χ3n) is 3.96. The SMILES string of the molecule is C=CC(C)(O)CCC=C(C)C.C=CC(C)CCC=C(C)C.CCCCCCl. The summed E-state index contributed by atoms with van der Waals surface area (Å²) in [7, 11) is 0. The van der Waals surface area contributed by atoms with Crippen molar-refractivity contribution in [3.8, 4) is 0 Å². The molecule has 2 heteroatoms. The van der Waals surface area contributed by atoms with Crippen LogP contribution in [0.1, 0.15) is 93.4 Å². The topological polar surface area (TPSA) is 20.2 Å². The number of allylic oxidation sites excluding steroid dienone is 5. The lowest BCUT2D eigenvalue weighted by Crippen LogP contribution is -2.19. The first-order valence-corrected chi connectivity index (χ1v) is 10.9. The molecule has 0 aromatic rings. The molecule has 160 valence electrons. The molecule has 2 unspecified atom stereocenters. The number of halogens is 1. The van der Waals surface area contributed by atoms with Crippen molar-refractivity contribution in [2.75, 3.05) is 5.88 Å². The van der Waals surface area contributed by atoms with Crippen LogP contribution in [0, 0.1) is 5.92 Å². The van der Waals surface area contributed by atoms with Gasteiger partial charge in [0.2, 0.25) is 0 Å². The van der Waals surface area contributed by atoms with E-state index in [0.29, 0.717) is 5.92 Å². The normalized spacial score (nSPS) is 12.8. The Morgan fingerprint density at radius 3 is 1.89 bits per heavy atom. The molecule has 27 heavy (non-hydrogen) atoms. The van der Waals surface area contributed by atoms with Crippen LogP contribution in [0.4, 0.5) is 0 Å². The Morgan fingerprint density at radius 1 is 1.04 bits per heavy atom. The fourth-order valence-electron chi connectivity index (χ4n) is 1.85. The van der Waals surface area contributed by atoms with Gasteiger partial charge in [-0.05, 0) is 72.6 Å². The van der Waals surface area contributed by atoms with Gasteiger partial charge in [-0.25, -0.2) is 0 Å². The second kappa shape index (κ2) is 21.5. The molecule has 0 amide bonds. The fraction of sp³-hybridized carbons (Fsp3) is 0.680. The van der Waals surface area contributed by atoms with Gasteiger partial charge in [0.05, 0.1) is 5.60 Å². The molecule has 0 rings (SSSR count). The highest BCUT2D eigenvalue weighted by atomic mass is 35.5. The molecule has 0 fully saturated rings. The van der Waals surface area contributed by atoms with Crippen LogP contribution in [-0.4, -0.2) is 16.6 Å². The lowest BCUT2D eigenvalue weighted by Gasteiger charge is -2.16. The molecular weight excluding hydrogens is 352 g/mol. The van der Waals surface area contributed by atoms with Crippen molar-refractivity contribution in [3.63, 3.8) is 0 Å². The number of alkyl halides is 1. The summed E-state index contributed by atoms with van der Waals surface area (Å²) < 4.78 is 0. The van der Waals surface area contributed by atoms with Gasteiger partial charge in [0.15, 0.2) is 0 Å². The molecule has 0 aliphatic heterocycles. The van der Waals surface area contributed by atoms with E-state index in [-0.39, 0.29) is 0 Å². The van der Waals surface area contributed by atoms with Gasteiger partial charge in [-0.2, -0.15) is 0 Å². The molecular formula is C25H47ClO. The van der Waals surface area contributed by atoms with Crippen LogP contribution in [0.25, 0.3) is 0 Å². The second-order valence-corrected chi connectivity index (χ2v) is 8.23. The van der Waals surface area contributed by atoms with Gasteiger partial charge in [0.25, 0.3) is 0 Å². The predicted molar refractivity (Wildman–Crippen MR) is 128 cm³/mol. The van der Waals surface area contributed by atoms with E-state index in [4.69, 9.17) is 11.6 Å². The summed E-state index contributed by atoms with van der Waals surface area (Å²) >= 11 is 5.38. The lowest BCUT2D eigenvalue weighted by atomic mass is 10.00. The zero-order valence-electron chi connectivity index (χ0n) is 19.3. The Hall–Kier alpha value is -0.790. The molecule has 0 spiro atoms. The number of hydrogen-bond donors (Lipinski definition) is 1. The molecule has 0 bridgehead atoms. The van der Waals surface area contributed by atoms with Crippen molar-refractivity contribution in [1.82, 2.24) is 0 Å². The molecule has 0 saturated carbocycles. The third kappa shape index (κ3) is 33.2. The molecule has 0 aliphatic rings. The summed E-state index contributed by atoms with van der Waals surface area (Å²) in [6, 6.07) is 0. The average molecular weight is 399 g/mol. The van der Waals surface area contributed by atoms with Crippen LogP contribution in [-0.2, 0) is 0 Å². The van der Waals surface area contributed by atoms with Gasteiger partial charge in [-0.15, -0.1) is 24.8 Å². The minimum atomic E-state index is -0.702. The van der Waals surface area contributed by atoms with Crippen molar-refractivity contribution < 1.29 is 5.11 Å². The molecule has 0 saturated heterocycles. The fourth-order valence-corrected chi connectivity index (χ4v) is 2.04. The maximum absolute atomic E-state index is 9.49. The van der Waals surface area contributed by atoms with E-state index in [1.807, 2.05) is 6.08 Å². The monoisotopic (exact) mass is 398 g/mol. The van der Waals surface area contributed by atoms with Gasteiger partial charge in [-0.1, -0.05) is 62.1 Å². The molecule has 0 aromatic carbocycles. The van der Waals surface area contributed by atoms with E-state index >= 15 is 0 Å². The lowest BCUT2D eigenvalue weighted by molar-refractivity contribution is 0.103. The van der Waals surface area contributed by atoms with E-state index in [0.717, 1.165) is 18.7 Å². The first-order valence-electron chi connectivity index (χ1n) is 10.4. The van der Waals surface area contributed by atoms with Crippen LogP contribution < -0.4 is 0 Å². The molecule has 1 nitrogen and oxygen atoms in total. The zero-order valence-corrected chi connectivity index (χ0v) is 20.0. The molecule has 0 radical (unpaired) electrons. The van der Waals surface area contributed by atoms with Gasteiger partial charge in [-0.3, -0.25) is 0 Å². The number of rotatable bonds is 11. The van der Waals surface area contributed by atoms with Gasteiger partial charge >= 0.3 is 0 Å². The minimum Gasteiger partial charge on any atom is -0.386 e. The first kappa shape index (κ1) is 30.9. The maximum atomic E-state index is 9.49. The van der Waals surface area contributed by atoms with E-state index in [1.165, 1.54) is 43.3 Å². The van der Waals surface area contributed by atoms with Crippen LogP contribution in [0.2, 0.25) is 0 Å². The van der Waals surface area contributed by atoms with Crippen molar-refractivity contribution in [2.45, 2.75) is 99.0 Å².